The van der Waals surface area contributed by atoms with Crippen LogP contribution in [-0.2, 0) is 11.2 Å². The Balaban J connectivity index is 1.51. The van der Waals surface area contributed by atoms with E-state index in [0.717, 1.165) is 5.52 Å². The number of nitrogens with one attached hydrogen (secondary N) is 1. The van der Waals surface area contributed by atoms with Gasteiger partial charge in [0.25, 0.3) is 5.91 Å². The summed E-state index contributed by atoms with van der Waals surface area (Å²) < 4.78 is 0. The summed E-state index contributed by atoms with van der Waals surface area (Å²) >= 11 is 0. The monoisotopic (exact) mass is 421 g/mol. The summed E-state index contributed by atoms with van der Waals surface area (Å²) in [6.45, 7) is 0. The first-order valence-electron chi connectivity index (χ1n) is 10.2. The minimum absolute atomic E-state index is 0.139. The fraction of sp³-hybridized carbons (Fsp3) is 0.0800. The van der Waals surface area contributed by atoms with E-state index in [-0.39, 0.29) is 6.42 Å². The summed E-state index contributed by atoms with van der Waals surface area (Å²) in [5.74, 6) is -1.03. The van der Waals surface area contributed by atoms with Crippen molar-refractivity contribution in [2.24, 2.45) is 5.73 Å². The Morgan fingerprint density at radius 2 is 1.34 bits per heavy atom. The molecule has 32 heavy (non-hydrogen) atoms. The largest absolute Gasteiger partial charge is 0.368 e. The van der Waals surface area contributed by atoms with Crippen molar-refractivity contribution in [3.63, 3.8) is 0 Å². The average Bonchev–Trinajstić information content (AvgIpc) is 2.81. The van der Waals surface area contributed by atoms with Crippen molar-refractivity contribution in [2.75, 3.05) is 0 Å². The maximum absolute atomic E-state index is 13.4. The zero-order valence-electron chi connectivity index (χ0n) is 17.0. The molecule has 3 N–H and O–H groups in total. The van der Waals surface area contributed by atoms with Gasteiger partial charge in [-0.15, -0.1) is 0 Å². The Morgan fingerprint density at radius 3 is 1.97 bits per heavy atom. The zero-order valence-corrected chi connectivity index (χ0v) is 17.0. The van der Waals surface area contributed by atoms with Crippen LogP contribution in [0.2, 0.25) is 0 Å². The molecule has 3 aromatic carbocycles. The highest BCUT2D eigenvalue weighted by Gasteiger charge is 2.23. The number of rotatable bonds is 5. The van der Waals surface area contributed by atoms with Crippen molar-refractivity contribution >= 4 is 44.7 Å². The van der Waals surface area contributed by atoms with Crippen LogP contribution >= 0.6 is 0 Å². The quantitative estimate of drug-likeness (QED) is 0.424. The first-order valence-corrected chi connectivity index (χ1v) is 10.2. The van der Waals surface area contributed by atoms with E-state index >= 15 is 0 Å². The normalized spacial score (nSPS) is 12.1. The number of para-hydroxylation sites is 4. The van der Waals surface area contributed by atoms with E-state index in [1.165, 1.54) is 0 Å². The van der Waals surface area contributed by atoms with Crippen LogP contribution in [0.5, 0.6) is 0 Å². The number of aromatic nitrogens is 3. The minimum Gasteiger partial charge on any atom is -0.368 e. The second-order valence-electron chi connectivity index (χ2n) is 7.50. The van der Waals surface area contributed by atoms with Gasteiger partial charge in [-0.3, -0.25) is 14.6 Å². The Bertz CT molecular complexity index is 1440. The van der Waals surface area contributed by atoms with Crippen molar-refractivity contribution < 1.29 is 9.59 Å². The molecule has 2 heterocycles. The van der Waals surface area contributed by atoms with Crippen LogP contribution in [0.1, 0.15) is 16.1 Å². The molecule has 0 aliphatic carbocycles. The molecule has 2 aromatic heterocycles. The Morgan fingerprint density at radius 1 is 0.781 bits per heavy atom. The second kappa shape index (κ2) is 8.03. The van der Waals surface area contributed by atoms with Gasteiger partial charge in [0.05, 0.1) is 33.3 Å². The molecule has 5 rings (SSSR count). The molecule has 156 valence electrons. The van der Waals surface area contributed by atoms with Crippen LogP contribution in [-0.4, -0.2) is 32.8 Å². The summed E-state index contributed by atoms with van der Waals surface area (Å²) in [7, 11) is 0. The summed E-state index contributed by atoms with van der Waals surface area (Å²) in [5.41, 5.74) is 9.53. The molecule has 7 nitrogen and oxygen atoms in total. The van der Waals surface area contributed by atoms with Crippen LogP contribution < -0.4 is 11.1 Å². The highest BCUT2D eigenvalue weighted by atomic mass is 16.2. The molecule has 0 saturated heterocycles. The lowest BCUT2D eigenvalue weighted by molar-refractivity contribution is -0.119. The fourth-order valence-electron chi connectivity index (χ4n) is 3.84. The fourth-order valence-corrected chi connectivity index (χ4v) is 3.84. The van der Waals surface area contributed by atoms with Crippen LogP contribution in [0.3, 0.4) is 0 Å². The van der Waals surface area contributed by atoms with Crippen molar-refractivity contribution in [3.05, 3.63) is 90.3 Å². The van der Waals surface area contributed by atoms with Crippen LogP contribution in [0.4, 0.5) is 0 Å². The van der Waals surface area contributed by atoms with Crippen molar-refractivity contribution in [3.8, 4) is 0 Å². The molecular weight excluding hydrogens is 402 g/mol. The number of nitrogens with two attached hydrogens (primary N) is 1. The van der Waals surface area contributed by atoms with E-state index in [1.807, 2.05) is 72.8 Å². The van der Waals surface area contributed by atoms with Gasteiger partial charge in [0, 0.05) is 23.4 Å². The van der Waals surface area contributed by atoms with E-state index in [0.29, 0.717) is 38.6 Å². The lowest BCUT2D eigenvalue weighted by Crippen LogP contribution is -2.46. The van der Waals surface area contributed by atoms with E-state index in [4.69, 9.17) is 5.73 Å². The molecular formula is C25H19N5O2. The zero-order chi connectivity index (χ0) is 22.1. The Kier molecular flexibility index (Phi) is 4.91. The molecule has 0 bridgehead atoms. The number of amides is 2. The van der Waals surface area contributed by atoms with Gasteiger partial charge >= 0.3 is 0 Å². The van der Waals surface area contributed by atoms with Crippen molar-refractivity contribution in [1.29, 1.82) is 0 Å². The van der Waals surface area contributed by atoms with Gasteiger partial charge in [-0.1, -0.05) is 48.5 Å². The Hall–Kier alpha value is -4.39. The summed E-state index contributed by atoms with van der Waals surface area (Å²) in [5, 5.41) is 4.22. The second-order valence-corrected chi connectivity index (χ2v) is 7.50. The van der Waals surface area contributed by atoms with E-state index in [2.05, 4.69) is 20.3 Å². The number of nitrogens with zero attached hydrogens (tertiary/aromatic N) is 3. The van der Waals surface area contributed by atoms with Gasteiger partial charge in [0.1, 0.15) is 6.04 Å². The highest BCUT2D eigenvalue weighted by Crippen LogP contribution is 2.26. The molecule has 1 atom stereocenters. The highest BCUT2D eigenvalue weighted by molar-refractivity contribution is 6.16. The lowest BCUT2D eigenvalue weighted by atomic mass is 10.0. The SMILES string of the molecule is NC(=O)[C@@H](Cc1cnc2ccccc2n1)NC(=O)c1c2ccccc2nc2ccccc12. The predicted molar refractivity (Wildman–Crippen MR) is 123 cm³/mol. The topological polar surface area (TPSA) is 111 Å². The molecule has 7 heteroatoms. The molecule has 0 unspecified atom stereocenters. The number of primary amides is 1. The summed E-state index contributed by atoms with van der Waals surface area (Å²) in [6.07, 6.45) is 1.74. The first kappa shape index (κ1) is 19.6. The number of fused-ring (bicyclic) bond motifs is 3. The average molecular weight is 421 g/mol. The van der Waals surface area contributed by atoms with Gasteiger partial charge in [-0.2, -0.15) is 0 Å². The van der Waals surface area contributed by atoms with Gasteiger partial charge < -0.3 is 11.1 Å². The predicted octanol–water partition coefficient (Wildman–Crippen LogP) is 3.16. The maximum atomic E-state index is 13.4. The van der Waals surface area contributed by atoms with Gasteiger partial charge in [0.2, 0.25) is 5.91 Å². The van der Waals surface area contributed by atoms with Crippen molar-refractivity contribution in [1.82, 2.24) is 20.3 Å². The van der Waals surface area contributed by atoms with Crippen molar-refractivity contribution in [2.45, 2.75) is 12.5 Å². The summed E-state index contributed by atoms with van der Waals surface area (Å²) in [4.78, 5) is 39.2. The molecule has 0 aliphatic rings. The molecule has 5 aromatic rings. The lowest BCUT2D eigenvalue weighted by Gasteiger charge is -2.17. The third kappa shape index (κ3) is 3.60. The number of hydrogen-bond donors (Lipinski definition) is 2. The molecule has 0 fully saturated rings. The van der Waals surface area contributed by atoms with Gasteiger partial charge in [-0.05, 0) is 24.3 Å². The van der Waals surface area contributed by atoms with Gasteiger partial charge in [-0.25, -0.2) is 9.97 Å². The molecule has 0 aliphatic heterocycles. The number of hydrogen-bond acceptors (Lipinski definition) is 5. The van der Waals surface area contributed by atoms with Gasteiger partial charge in [0.15, 0.2) is 0 Å². The van der Waals surface area contributed by atoms with E-state index in [1.54, 1.807) is 6.20 Å². The number of carbonyl (C=O) groups excluding carboxylic acids is 2. The standard InChI is InChI=1S/C25H19N5O2/c26-24(31)22(13-15-14-27-20-11-5-6-12-21(20)28-15)30-25(32)23-16-7-1-3-9-18(16)29-19-10-4-2-8-17(19)23/h1-12,14,22H,13H2,(H2,26,31)(H,30,32)/t22-/m1/s1. The Labute approximate surface area is 183 Å². The first-order chi connectivity index (χ1) is 15.6. The van der Waals surface area contributed by atoms with E-state index in [9.17, 15) is 9.59 Å². The summed E-state index contributed by atoms with van der Waals surface area (Å²) in [6, 6.07) is 21.4. The van der Waals surface area contributed by atoms with Crippen LogP contribution in [0.15, 0.2) is 79.0 Å². The van der Waals surface area contributed by atoms with E-state index < -0.39 is 17.9 Å². The van der Waals surface area contributed by atoms with Crippen LogP contribution in [0, 0.1) is 0 Å². The number of benzene rings is 3. The molecule has 2 amide bonds. The van der Waals surface area contributed by atoms with Crippen LogP contribution in [0.25, 0.3) is 32.8 Å². The third-order valence-corrected chi connectivity index (χ3v) is 5.38. The third-order valence-electron chi connectivity index (χ3n) is 5.38. The molecule has 0 radical (unpaired) electrons. The number of pyridine rings is 1. The molecule has 0 spiro atoms. The molecule has 0 saturated carbocycles. The smallest absolute Gasteiger partial charge is 0.253 e. The number of carbonyl (C=O) groups is 2. The minimum atomic E-state index is -0.941. The maximum Gasteiger partial charge on any atom is 0.253 e.